The number of hydrogen-bond acceptors (Lipinski definition) is 2. The third kappa shape index (κ3) is 3.31. The van der Waals surface area contributed by atoms with Gasteiger partial charge < -0.3 is 10.4 Å². The fourth-order valence-electron chi connectivity index (χ4n) is 2.19. The maximum absolute atomic E-state index is 13.7. The van der Waals surface area contributed by atoms with Crippen LogP contribution in [0.15, 0.2) is 18.2 Å². The molecule has 6 heteroatoms. The van der Waals surface area contributed by atoms with Crippen LogP contribution < -0.4 is 5.32 Å². The minimum Gasteiger partial charge on any atom is -0.481 e. The van der Waals surface area contributed by atoms with Gasteiger partial charge in [0.15, 0.2) is 0 Å². The van der Waals surface area contributed by atoms with Gasteiger partial charge in [-0.3, -0.25) is 9.59 Å². The Labute approximate surface area is 114 Å². The van der Waals surface area contributed by atoms with Crippen molar-refractivity contribution in [1.29, 1.82) is 0 Å². The molecule has 1 aliphatic carbocycles. The van der Waals surface area contributed by atoms with Crippen molar-refractivity contribution in [1.82, 2.24) is 5.32 Å². The Balaban J connectivity index is 1.95. The summed E-state index contributed by atoms with van der Waals surface area (Å²) in [6.07, 6.45) is 1.10. The number of nitrogens with one attached hydrogen (secondary N) is 1. The van der Waals surface area contributed by atoms with Gasteiger partial charge >= 0.3 is 5.97 Å². The van der Waals surface area contributed by atoms with Crippen molar-refractivity contribution in [2.24, 2.45) is 0 Å². The molecule has 108 valence electrons. The van der Waals surface area contributed by atoms with E-state index in [0.29, 0.717) is 5.56 Å². The fourth-order valence-corrected chi connectivity index (χ4v) is 2.19. The van der Waals surface area contributed by atoms with Crippen LogP contribution in [-0.4, -0.2) is 23.5 Å². The smallest absolute Gasteiger partial charge is 0.303 e. The Kier molecular flexibility index (Phi) is 4.01. The number of rotatable bonds is 6. The summed E-state index contributed by atoms with van der Waals surface area (Å²) in [7, 11) is 0. The van der Waals surface area contributed by atoms with E-state index >= 15 is 0 Å². The number of carboxylic acids is 1. The van der Waals surface area contributed by atoms with Gasteiger partial charge in [0, 0.05) is 24.4 Å². The van der Waals surface area contributed by atoms with Gasteiger partial charge in [0.25, 0.3) is 0 Å². The molecule has 1 amide bonds. The topological polar surface area (TPSA) is 66.4 Å². The second-order valence-corrected chi connectivity index (χ2v) is 5.07. The highest BCUT2D eigenvalue weighted by Crippen LogP contribution is 2.48. The molecule has 0 spiro atoms. The Morgan fingerprint density at radius 2 is 1.95 bits per heavy atom. The van der Waals surface area contributed by atoms with Crippen LogP contribution in [0, 0.1) is 11.6 Å². The molecule has 0 radical (unpaired) electrons. The van der Waals surface area contributed by atoms with Gasteiger partial charge in [0.1, 0.15) is 11.6 Å². The van der Waals surface area contributed by atoms with E-state index in [4.69, 9.17) is 5.11 Å². The van der Waals surface area contributed by atoms with Crippen molar-refractivity contribution in [3.05, 3.63) is 35.4 Å². The molecule has 0 aliphatic heterocycles. The van der Waals surface area contributed by atoms with Crippen molar-refractivity contribution in [2.45, 2.75) is 31.1 Å². The van der Waals surface area contributed by atoms with Crippen LogP contribution in [-0.2, 0) is 15.0 Å². The SMILES string of the molecule is O=C(O)CCC(=O)NCC1(c2ccc(F)cc2F)CC1. The second-order valence-electron chi connectivity index (χ2n) is 5.07. The maximum atomic E-state index is 13.7. The fraction of sp³-hybridized carbons (Fsp3) is 0.429. The van der Waals surface area contributed by atoms with Gasteiger partial charge in [-0.25, -0.2) is 8.78 Å². The zero-order valence-corrected chi connectivity index (χ0v) is 10.8. The highest BCUT2D eigenvalue weighted by atomic mass is 19.1. The second kappa shape index (κ2) is 5.56. The van der Waals surface area contributed by atoms with E-state index in [1.165, 1.54) is 12.1 Å². The minimum absolute atomic E-state index is 0.0999. The Morgan fingerprint density at radius 1 is 1.25 bits per heavy atom. The third-order valence-corrected chi connectivity index (χ3v) is 3.55. The van der Waals surface area contributed by atoms with Crippen molar-refractivity contribution in [3.8, 4) is 0 Å². The molecule has 0 aromatic heterocycles. The van der Waals surface area contributed by atoms with E-state index < -0.39 is 23.0 Å². The van der Waals surface area contributed by atoms with Crippen LogP contribution in [0.3, 0.4) is 0 Å². The molecule has 0 bridgehead atoms. The molecule has 0 saturated heterocycles. The van der Waals surface area contributed by atoms with E-state index in [1.807, 2.05) is 0 Å². The lowest BCUT2D eigenvalue weighted by Gasteiger charge is -2.17. The summed E-state index contributed by atoms with van der Waals surface area (Å²) in [5.74, 6) is -2.65. The largest absolute Gasteiger partial charge is 0.481 e. The summed E-state index contributed by atoms with van der Waals surface area (Å²) < 4.78 is 26.6. The summed E-state index contributed by atoms with van der Waals surface area (Å²) in [5.41, 5.74) is -0.0751. The number of carbonyl (C=O) groups excluding carboxylic acids is 1. The molecular formula is C14H15F2NO3. The molecule has 0 unspecified atom stereocenters. The van der Waals surface area contributed by atoms with Crippen molar-refractivity contribution in [3.63, 3.8) is 0 Å². The number of aliphatic carboxylic acids is 1. The van der Waals surface area contributed by atoms with Gasteiger partial charge in [-0.2, -0.15) is 0 Å². The van der Waals surface area contributed by atoms with Crippen molar-refractivity contribution >= 4 is 11.9 Å². The highest BCUT2D eigenvalue weighted by Gasteiger charge is 2.46. The number of benzene rings is 1. The van der Waals surface area contributed by atoms with Gasteiger partial charge in [0.2, 0.25) is 5.91 Å². The summed E-state index contributed by atoms with van der Waals surface area (Å²) in [4.78, 5) is 21.8. The molecular weight excluding hydrogens is 268 g/mol. The summed E-state index contributed by atoms with van der Waals surface area (Å²) in [6.45, 7) is 0.244. The molecule has 0 heterocycles. The number of halogens is 2. The summed E-state index contributed by atoms with van der Waals surface area (Å²) in [5, 5.41) is 11.1. The minimum atomic E-state index is -1.04. The number of amides is 1. The monoisotopic (exact) mass is 283 g/mol. The van der Waals surface area contributed by atoms with E-state index in [1.54, 1.807) is 0 Å². The maximum Gasteiger partial charge on any atom is 0.303 e. The van der Waals surface area contributed by atoms with Crippen LogP contribution in [0.5, 0.6) is 0 Å². The molecule has 4 nitrogen and oxygen atoms in total. The molecule has 1 aromatic carbocycles. The van der Waals surface area contributed by atoms with Crippen LogP contribution in [0.4, 0.5) is 8.78 Å². The zero-order chi connectivity index (χ0) is 14.8. The Morgan fingerprint density at radius 3 is 2.50 bits per heavy atom. The predicted molar refractivity (Wildman–Crippen MR) is 67.1 cm³/mol. The van der Waals surface area contributed by atoms with Gasteiger partial charge in [-0.1, -0.05) is 6.07 Å². The molecule has 1 aliphatic rings. The van der Waals surface area contributed by atoms with E-state index in [2.05, 4.69) is 5.32 Å². The number of carboxylic acid groups (broad SMARTS) is 1. The lowest BCUT2D eigenvalue weighted by atomic mass is 9.95. The normalized spacial score (nSPS) is 15.7. The third-order valence-electron chi connectivity index (χ3n) is 3.55. The summed E-state index contributed by atoms with van der Waals surface area (Å²) in [6, 6.07) is 3.44. The van der Waals surface area contributed by atoms with E-state index in [0.717, 1.165) is 18.9 Å². The van der Waals surface area contributed by atoms with Crippen LogP contribution in [0.2, 0.25) is 0 Å². The van der Waals surface area contributed by atoms with Gasteiger partial charge in [0.05, 0.1) is 6.42 Å². The number of hydrogen-bond donors (Lipinski definition) is 2. The van der Waals surface area contributed by atoms with Crippen LogP contribution in [0.1, 0.15) is 31.2 Å². The standard InChI is InChI=1S/C14H15F2NO3/c15-9-1-2-10(11(16)7-9)14(5-6-14)8-17-12(18)3-4-13(19)20/h1-2,7H,3-6,8H2,(H,17,18)(H,19,20). The molecule has 1 aromatic rings. The van der Waals surface area contributed by atoms with E-state index in [9.17, 15) is 18.4 Å². The molecule has 1 fully saturated rings. The first-order valence-electron chi connectivity index (χ1n) is 6.37. The van der Waals surface area contributed by atoms with Crippen LogP contribution >= 0.6 is 0 Å². The average Bonchev–Trinajstić information content (AvgIpc) is 3.15. The molecule has 20 heavy (non-hydrogen) atoms. The lowest BCUT2D eigenvalue weighted by Crippen LogP contribution is -2.32. The molecule has 1 saturated carbocycles. The first-order valence-corrected chi connectivity index (χ1v) is 6.37. The molecule has 2 N–H and O–H groups in total. The first kappa shape index (κ1) is 14.4. The quantitative estimate of drug-likeness (QED) is 0.839. The van der Waals surface area contributed by atoms with Crippen LogP contribution in [0.25, 0.3) is 0 Å². The first-order chi connectivity index (χ1) is 9.43. The van der Waals surface area contributed by atoms with Gasteiger partial charge in [-0.05, 0) is 24.5 Å². The van der Waals surface area contributed by atoms with Crippen molar-refractivity contribution in [2.75, 3.05) is 6.54 Å². The Hall–Kier alpha value is -1.98. The Bertz CT molecular complexity index is 541. The average molecular weight is 283 g/mol. The van der Waals surface area contributed by atoms with Crippen molar-refractivity contribution < 1.29 is 23.5 Å². The number of carbonyl (C=O) groups is 2. The predicted octanol–water partition coefficient (Wildman–Crippen LogP) is 1.98. The zero-order valence-electron chi connectivity index (χ0n) is 10.8. The molecule has 2 rings (SSSR count). The van der Waals surface area contributed by atoms with E-state index in [-0.39, 0.29) is 25.3 Å². The summed E-state index contributed by atoms with van der Waals surface area (Å²) >= 11 is 0. The lowest BCUT2D eigenvalue weighted by molar-refractivity contribution is -0.138. The highest BCUT2D eigenvalue weighted by molar-refractivity contribution is 5.80. The molecule has 0 atom stereocenters. The van der Waals surface area contributed by atoms with Gasteiger partial charge in [-0.15, -0.1) is 0 Å².